The summed E-state index contributed by atoms with van der Waals surface area (Å²) in [5, 5.41) is 13.9. The molecular formula is C14H18N4O. The van der Waals surface area contributed by atoms with Gasteiger partial charge in [0.1, 0.15) is 12.2 Å². The van der Waals surface area contributed by atoms with E-state index in [0.717, 1.165) is 42.9 Å². The van der Waals surface area contributed by atoms with Crippen LogP contribution in [0, 0.1) is 6.92 Å². The van der Waals surface area contributed by atoms with Crippen molar-refractivity contribution in [3.8, 4) is 5.82 Å². The van der Waals surface area contributed by atoms with Crippen LogP contribution in [0.4, 0.5) is 0 Å². The van der Waals surface area contributed by atoms with Crippen molar-refractivity contribution in [1.29, 1.82) is 0 Å². The Labute approximate surface area is 112 Å². The molecule has 1 fully saturated rings. The maximum absolute atomic E-state index is 9.59. The molecule has 1 aliphatic carbocycles. The van der Waals surface area contributed by atoms with Crippen LogP contribution in [0.5, 0.6) is 0 Å². The molecule has 0 unspecified atom stereocenters. The highest BCUT2D eigenvalue weighted by molar-refractivity contribution is 5.27. The number of hydrogen-bond donors (Lipinski definition) is 1. The van der Waals surface area contributed by atoms with E-state index >= 15 is 0 Å². The SMILES string of the molecule is Cc1ccnc(-n2ncnc2C2CCC(O)CC2)c1. The van der Waals surface area contributed by atoms with E-state index in [1.165, 1.54) is 0 Å². The van der Waals surface area contributed by atoms with Gasteiger partial charge >= 0.3 is 0 Å². The van der Waals surface area contributed by atoms with Gasteiger partial charge in [0.25, 0.3) is 0 Å². The molecule has 0 aromatic carbocycles. The second-order valence-electron chi connectivity index (χ2n) is 5.23. The lowest BCUT2D eigenvalue weighted by atomic mass is 9.87. The first-order chi connectivity index (χ1) is 9.24. The van der Waals surface area contributed by atoms with E-state index in [2.05, 4.69) is 15.1 Å². The van der Waals surface area contributed by atoms with Gasteiger partial charge in [-0.1, -0.05) is 0 Å². The average molecular weight is 258 g/mol. The monoisotopic (exact) mass is 258 g/mol. The van der Waals surface area contributed by atoms with Crippen molar-refractivity contribution >= 4 is 0 Å². The van der Waals surface area contributed by atoms with Gasteiger partial charge in [0.15, 0.2) is 5.82 Å². The number of aromatic nitrogens is 4. The molecule has 5 heteroatoms. The third kappa shape index (κ3) is 2.51. The zero-order valence-electron chi connectivity index (χ0n) is 11.0. The van der Waals surface area contributed by atoms with Crippen LogP contribution in [-0.4, -0.2) is 31.0 Å². The van der Waals surface area contributed by atoms with E-state index in [9.17, 15) is 5.11 Å². The molecule has 2 aromatic rings. The molecule has 1 N–H and O–H groups in total. The van der Waals surface area contributed by atoms with Gasteiger partial charge in [-0.3, -0.25) is 0 Å². The van der Waals surface area contributed by atoms with Gasteiger partial charge in [0, 0.05) is 12.1 Å². The first-order valence-corrected chi connectivity index (χ1v) is 6.75. The molecule has 0 spiro atoms. The van der Waals surface area contributed by atoms with Gasteiger partial charge in [0.2, 0.25) is 0 Å². The van der Waals surface area contributed by atoms with Crippen LogP contribution >= 0.6 is 0 Å². The third-order valence-corrected chi connectivity index (χ3v) is 3.75. The van der Waals surface area contributed by atoms with Gasteiger partial charge in [-0.15, -0.1) is 0 Å². The summed E-state index contributed by atoms with van der Waals surface area (Å²) < 4.78 is 1.83. The van der Waals surface area contributed by atoms with Crippen molar-refractivity contribution < 1.29 is 5.11 Å². The summed E-state index contributed by atoms with van der Waals surface area (Å²) in [6.45, 7) is 2.04. The topological polar surface area (TPSA) is 63.8 Å². The Kier molecular flexibility index (Phi) is 3.29. The average Bonchev–Trinajstić information content (AvgIpc) is 2.89. The van der Waals surface area contributed by atoms with Crippen molar-refractivity contribution in [3.63, 3.8) is 0 Å². The normalized spacial score (nSPS) is 23.5. The van der Waals surface area contributed by atoms with E-state index in [4.69, 9.17) is 0 Å². The van der Waals surface area contributed by atoms with Gasteiger partial charge in [-0.2, -0.15) is 9.78 Å². The fourth-order valence-electron chi connectivity index (χ4n) is 2.68. The Morgan fingerprint density at radius 2 is 2.00 bits per heavy atom. The molecule has 2 heterocycles. The van der Waals surface area contributed by atoms with Crippen molar-refractivity contribution in [2.75, 3.05) is 0 Å². The van der Waals surface area contributed by atoms with Crippen molar-refractivity contribution in [2.24, 2.45) is 0 Å². The lowest BCUT2D eigenvalue weighted by Crippen LogP contribution is -2.20. The fourth-order valence-corrected chi connectivity index (χ4v) is 2.68. The van der Waals surface area contributed by atoms with E-state index in [0.29, 0.717) is 5.92 Å². The molecular weight excluding hydrogens is 240 g/mol. The number of pyridine rings is 1. The second kappa shape index (κ2) is 5.09. The first kappa shape index (κ1) is 12.3. The summed E-state index contributed by atoms with van der Waals surface area (Å²) in [4.78, 5) is 8.76. The van der Waals surface area contributed by atoms with E-state index in [1.54, 1.807) is 12.5 Å². The highest BCUT2D eigenvalue weighted by Crippen LogP contribution is 2.32. The quantitative estimate of drug-likeness (QED) is 0.894. The van der Waals surface area contributed by atoms with Crippen LogP contribution < -0.4 is 0 Å². The predicted molar refractivity (Wildman–Crippen MR) is 71.1 cm³/mol. The Morgan fingerprint density at radius 3 is 2.74 bits per heavy atom. The van der Waals surface area contributed by atoms with Gasteiger partial charge in [0.05, 0.1) is 6.10 Å². The molecule has 100 valence electrons. The molecule has 1 aliphatic rings. The van der Waals surface area contributed by atoms with Gasteiger partial charge in [-0.05, 0) is 50.3 Å². The highest BCUT2D eigenvalue weighted by atomic mass is 16.3. The summed E-state index contributed by atoms with van der Waals surface area (Å²) >= 11 is 0. The number of rotatable bonds is 2. The highest BCUT2D eigenvalue weighted by Gasteiger charge is 2.25. The maximum Gasteiger partial charge on any atom is 0.155 e. The Hall–Kier alpha value is -1.75. The lowest BCUT2D eigenvalue weighted by Gasteiger charge is -2.24. The standard InChI is InChI=1S/C14H18N4O/c1-10-6-7-15-13(8-10)18-14(16-9-17-18)11-2-4-12(19)5-3-11/h6-9,11-12,19H,2-5H2,1H3. The molecule has 0 radical (unpaired) electrons. The Bertz CT molecular complexity index is 558. The smallest absolute Gasteiger partial charge is 0.155 e. The maximum atomic E-state index is 9.59. The summed E-state index contributed by atoms with van der Waals surface area (Å²) in [7, 11) is 0. The first-order valence-electron chi connectivity index (χ1n) is 6.75. The molecule has 0 saturated heterocycles. The van der Waals surface area contributed by atoms with Gasteiger partial charge in [-0.25, -0.2) is 9.97 Å². The summed E-state index contributed by atoms with van der Waals surface area (Å²) in [6.07, 6.45) is 6.85. The van der Waals surface area contributed by atoms with E-state index < -0.39 is 0 Å². The Morgan fingerprint density at radius 1 is 1.21 bits per heavy atom. The van der Waals surface area contributed by atoms with E-state index in [-0.39, 0.29) is 6.10 Å². The molecule has 0 aliphatic heterocycles. The number of aliphatic hydroxyl groups excluding tert-OH is 1. The fraction of sp³-hybridized carbons (Fsp3) is 0.500. The number of aliphatic hydroxyl groups is 1. The predicted octanol–water partition coefficient (Wildman–Crippen LogP) is 1.99. The molecule has 19 heavy (non-hydrogen) atoms. The third-order valence-electron chi connectivity index (χ3n) is 3.75. The number of nitrogens with zero attached hydrogens (tertiary/aromatic N) is 4. The molecule has 0 atom stereocenters. The second-order valence-corrected chi connectivity index (χ2v) is 5.23. The van der Waals surface area contributed by atoms with E-state index in [1.807, 2.05) is 23.7 Å². The van der Waals surface area contributed by atoms with Gasteiger partial charge < -0.3 is 5.11 Å². The van der Waals surface area contributed by atoms with Crippen LogP contribution in [0.15, 0.2) is 24.7 Å². The molecule has 2 aromatic heterocycles. The zero-order valence-corrected chi connectivity index (χ0v) is 11.0. The van der Waals surface area contributed by atoms with Crippen LogP contribution in [0.3, 0.4) is 0 Å². The van der Waals surface area contributed by atoms with Crippen molar-refractivity contribution in [3.05, 3.63) is 36.0 Å². The Balaban J connectivity index is 1.90. The largest absolute Gasteiger partial charge is 0.393 e. The van der Waals surface area contributed by atoms with Crippen LogP contribution in [0.25, 0.3) is 5.82 Å². The minimum Gasteiger partial charge on any atom is -0.393 e. The van der Waals surface area contributed by atoms with Crippen molar-refractivity contribution in [2.45, 2.75) is 44.6 Å². The summed E-state index contributed by atoms with van der Waals surface area (Å²) in [5.74, 6) is 2.15. The lowest BCUT2D eigenvalue weighted by molar-refractivity contribution is 0.121. The van der Waals surface area contributed by atoms with Crippen LogP contribution in [-0.2, 0) is 0 Å². The molecule has 3 rings (SSSR count). The number of aryl methyl sites for hydroxylation is 1. The molecule has 0 bridgehead atoms. The summed E-state index contributed by atoms with van der Waals surface area (Å²) in [6, 6.07) is 3.98. The van der Waals surface area contributed by atoms with Crippen molar-refractivity contribution in [1.82, 2.24) is 19.7 Å². The minimum atomic E-state index is -0.148. The number of hydrogen-bond acceptors (Lipinski definition) is 4. The zero-order chi connectivity index (χ0) is 13.2. The molecule has 5 nitrogen and oxygen atoms in total. The summed E-state index contributed by atoms with van der Waals surface area (Å²) in [5.41, 5.74) is 1.16. The molecule has 1 saturated carbocycles. The molecule has 0 amide bonds. The van der Waals surface area contributed by atoms with Crippen LogP contribution in [0.2, 0.25) is 0 Å². The van der Waals surface area contributed by atoms with Crippen LogP contribution in [0.1, 0.15) is 43.0 Å². The minimum absolute atomic E-state index is 0.148.